The summed E-state index contributed by atoms with van der Waals surface area (Å²) in [6.07, 6.45) is 3.17. The van der Waals surface area contributed by atoms with Crippen molar-refractivity contribution in [2.24, 2.45) is 0 Å². The molecule has 2 amide bonds. The molecule has 0 bridgehead atoms. The third-order valence-corrected chi connectivity index (χ3v) is 5.16. The average molecular weight is 425 g/mol. The van der Waals surface area contributed by atoms with Gasteiger partial charge in [-0.2, -0.15) is 11.8 Å². The third kappa shape index (κ3) is 7.09. The first-order valence-electron chi connectivity index (χ1n) is 8.57. The van der Waals surface area contributed by atoms with Gasteiger partial charge in [0.15, 0.2) is 0 Å². The van der Waals surface area contributed by atoms with E-state index in [1.807, 2.05) is 30.5 Å². The minimum absolute atomic E-state index is 0.202. The summed E-state index contributed by atoms with van der Waals surface area (Å²) in [5.74, 6) is 0.206. The lowest BCUT2D eigenvalue weighted by Crippen LogP contribution is -2.47. The highest BCUT2D eigenvalue weighted by Gasteiger charge is 2.21. The molecule has 2 aromatic carbocycles. The number of amides is 2. The molecule has 2 aromatic rings. The second-order valence-corrected chi connectivity index (χ2v) is 7.79. The zero-order chi connectivity index (χ0) is 19.6. The maximum atomic E-state index is 12.6. The van der Waals surface area contributed by atoms with Gasteiger partial charge in [0.1, 0.15) is 6.04 Å². The lowest BCUT2D eigenvalue weighted by molar-refractivity contribution is -0.122. The summed E-state index contributed by atoms with van der Waals surface area (Å²) in [5.41, 5.74) is 1.41. The van der Waals surface area contributed by atoms with E-state index < -0.39 is 6.04 Å². The van der Waals surface area contributed by atoms with E-state index in [0.29, 0.717) is 35.0 Å². The lowest BCUT2D eigenvalue weighted by atomic mass is 10.1. The molecule has 27 heavy (non-hydrogen) atoms. The summed E-state index contributed by atoms with van der Waals surface area (Å²) in [7, 11) is 0. The molecular formula is C20H22Cl2N2O2S. The predicted molar refractivity (Wildman–Crippen MR) is 114 cm³/mol. The Hall–Kier alpha value is -1.69. The maximum absolute atomic E-state index is 12.6. The topological polar surface area (TPSA) is 58.2 Å². The summed E-state index contributed by atoms with van der Waals surface area (Å²) in [4.78, 5) is 25.0. The number of carbonyl (C=O) groups is 2. The van der Waals surface area contributed by atoms with Crippen LogP contribution in [0.15, 0.2) is 48.5 Å². The number of hydrogen-bond acceptors (Lipinski definition) is 3. The molecule has 0 heterocycles. The van der Waals surface area contributed by atoms with Crippen LogP contribution in [0.1, 0.15) is 22.3 Å². The molecule has 144 valence electrons. The van der Waals surface area contributed by atoms with Crippen molar-refractivity contribution in [3.8, 4) is 0 Å². The van der Waals surface area contributed by atoms with Crippen LogP contribution in [0.4, 0.5) is 0 Å². The first-order valence-corrected chi connectivity index (χ1v) is 10.7. The van der Waals surface area contributed by atoms with Crippen molar-refractivity contribution in [2.75, 3.05) is 18.6 Å². The lowest BCUT2D eigenvalue weighted by Gasteiger charge is -2.18. The van der Waals surface area contributed by atoms with Crippen molar-refractivity contribution < 1.29 is 9.59 Å². The number of thioether (sulfide) groups is 1. The largest absolute Gasteiger partial charge is 0.354 e. The fourth-order valence-corrected chi connectivity index (χ4v) is 3.44. The van der Waals surface area contributed by atoms with Gasteiger partial charge < -0.3 is 10.6 Å². The Labute approximate surface area is 174 Å². The minimum Gasteiger partial charge on any atom is -0.354 e. The van der Waals surface area contributed by atoms with Crippen molar-refractivity contribution >= 4 is 46.8 Å². The number of hydrogen-bond donors (Lipinski definition) is 2. The van der Waals surface area contributed by atoms with E-state index in [9.17, 15) is 9.59 Å². The van der Waals surface area contributed by atoms with Crippen molar-refractivity contribution in [2.45, 2.75) is 18.9 Å². The predicted octanol–water partition coefficient (Wildman–Crippen LogP) is 4.20. The highest BCUT2D eigenvalue weighted by molar-refractivity contribution is 7.98. The van der Waals surface area contributed by atoms with E-state index in [-0.39, 0.29) is 11.8 Å². The second kappa shape index (κ2) is 11.2. The molecule has 0 fully saturated rings. The normalized spacial score (nSPS) is 11.7. The fourth-order valence-electron chi connectivity index (χ4n) is 2.53. The van der Waals surface area contributed by atoms with E-state index in [2.05, 4.69) is 10.6 Å². The number of nitrogens with one attached hydrogen (secondary N) is 2. The zero-order valence-electron chi connectivity index (χ0n) is 15.0. The van der Waals surface area contributed by atoms with E-state index in [0.717, 1.165) is 11.3 Å². The fraction of sp³-hybridized carbons (Fsp3) is 0.300. The molecule has 0 saturated heterocycles. The number of benzene rings is 2. The average Bonchev–Trinajstić information content (AvgIpc) is 2.65. The molecule has 0 spiro atoms. The first kappa shape index (κ1) is 21.6. The van der Waals surface area contributed by atoms with Gasteiger partial charge >= 0.3 is 0 Å². The summed E-state index contributed by atoms with van der Waals surface area (Å²) >= 11 is 13.7. The van der Waals surface area contributed by atoms with Gasteiger partial charge in [0.25, 0.3) is 5.91 Å². The summed E-state index contributed by atoms with van der Waals surface area (Å²) in [6.45, 7) is 0.469. The molecule has 0 aliphatic heterocycles. The second-order valence-electron chi connectivity index (χ2n) is 5.96. The molecular weight excluding hydrogens is 403 g/mol. The molecule has 0 radical (unpaired) electrons. The zero-order valence-corrected chi connectivity index (χ0v) is 17.3. The van der Waals surface area contributed by atoms with E-state index in [1.54, 1.807) is 36.0 Å². The van der Waals surface area contributed by atoms with Crippen LogP contribution in [0, 0.1) is 0 Å². The molecule has 7 heteroatoms. The number of carbonyl (C=O) groups excluding carboxylic acids is 2. The SMILES string of the molecule is CSCCC(NC(=O)c1ccccc1Cl)C(=O)NCCc1cccc(Cl)c1. The number of halogens is 2. The minimum atomic E-state index is -0.611. The van der Waals surface area contributed by atoms with Gasteiger partial charge in [-0.25, -0.2) is 0 Å². The van der Waals surface area contributed by atoms with Gasteiger partial charge in [-0.15, -0.1) is 0 Å². The first-order chi connectivity index (χ1) is 13.0. The molecule has 0 aliphatic carbocycles. The standard InChI is InChI=1S/C20H22Cl2N2O2S/c1-27-12-10-18(24-19(25)16-7-2-3-8-17(16)22)20(26)23-11-9-14-5-4-6-15(21)13-14/h2-8,13,18H,9-12H2,1H3,(H,23,26)(H,24,25). The van der Waals surface area contributed by atoms with Crippen LogP contribution in [0.5, 0.6) is 0 Å². The molecule has 0 saturated carbocycles. The van der Waals surface area contributed by atoms with Gasteiger partial charge in [-0.1, -0.05) is 47.5 Å². The smallest absolute Gasteiger partial charge is 0.253 e. The highest BCUT2D eigenvalue weighted by atomic mass is 35.5. The van der Waals surface area contributed by atoms with Crippen molar-refractivity contribution in [3.05, 3.63) is 69.7 Å². The van der Waals surface area contributed by atoms with Crippen molar-refractivity contribution in [1.29, 1.82) is 0 Å². The summed E-state index contributed by atoms with van der Waals surface area (Å²) in [6, 6.07) is 13.7. The molecule has 2 rings (SSSR count). The Morgan fingerprint density at radius 1 is 1.11 bits per heavy atom. The molecule has 1 unspecified atom stereocenters. The van der Waals surface area contributed by atoms with Crippen LogP contribution in [0.25, 0.3) is 0 Å². The molecule has 4 nitrogen and oxygen atoms in total. The maximum Gasteiger partial charge on any atom is 0.253 e. The highest BCUT2D eigenvalue weighted by Crippen LogP contribution is 2.15. The van der Waals surface area contributed by atoms with Gasteiger partial charge in [-0.3, -0.25) is 9.59 Å². The molecule has 1 atom stereocenters. The summed E-state index contributed by atoms with van der Waals surface area (Å²) < 4.78 is 0. The third-order valence-electron chi connectivity index (χ3n) is 3.95. The Kier molecular flexibility index (Phi) is 8.98. The van der Waals surface area contributed by atoms with E-state index in [1.165, 1.54) is 0 Å². The molecule has 2 N–H and O–H groups in total. The van der Waals surface area contributed by atoms with Crippen molar-refractivity contribution in [1.82, 2.24) is 10.6 Å². The summed E-state index contributed by atoms with van der Waals surface area (Å²) in [5, 5.41) is 6.72. The van der Waals surface area contributed by atoms with Crippen LogP contribution in [0.2, 0.25) is 10.0 Å². The van der Waals surface area contributed by atoms with Gasteiger partial charge in [0, 0.05) is 11.6 Å². The van der Waals surface area contributed by atoms with Gasteiger partial charge in [-0.05, 0) is 54.7 Å². The Morgan fingerprint density at radius 3 is 2.59 bits per heavy atom. The van der Waals surface area contributed by atoms with Crippen LogP contribution >= 0.6 is 35.0 Å². The molecule has 0 aliphatic rings. The van der Waals surface area contributed by atoms with Crippen LogP contribution in [0.3, 0.4) is 0 Å². The van der Waals surface area contributed by atoms with E-state index >= 15 is 0 Å². The quantitative estimate of drug-likeness (QED) is 0.633. The van der Waals surface area contributed by atoms with Gasteiger partial charge in [0.2, 0.25) is 5.91 Å². The molecule has 0 aromatic heterocycles. The monoisotopic (exact) mass is 424 g/mol. The van der Waals surface area contributed by atoms with Crippen LogP contribution < -0.4 is 10.6 Å². The van der Waals surface area contributed by atoms with Crippen molar-refractivity contribution in [3.63, 3.8) is 0 Å². The Morgan fingerprint density at radius 2 is 1.89 bits per heavy atom. The van der Waals surface area contributed by atoms with Crippen LogP contribution in [-0.2, 0) is 11.2 Å². The Bertz CT molecular complexity index is 786. The Balaban J connectivity index is 1.94. The van der Waals surface area contributed by atoms with Gasteiger partial charge in [0.05, 0.1) is 10.6 Å². The van der Waals surface area contributed by atoms with Crippen LogP contribution in [-0.4, -0.2) is 36.4 Å². The number of rotatable bonds is 9. The van der Waals surface area contributed by atoms with E-state index in [4.69, 9.17) is 23.2 Å².